The minimum Gasteiger partial charge on any atom is -0.462 e. The molecule has 0 aliphatic carbocycles. The lowest BCUT2D eigenvalue weighted by atomic mass is 10.0. The average molecular weight is 1250 g/mol. The van der Waals surface area contributed by atoms with E-state index in [1.165, 1.54) is 103 Å². The maximum atomic E-state index is 13.0. The molecule has 0 fully saturated rings. The second kappa shape index (κ2) is 57.9. The molecule has 0 bridgehead atoms. The number of hydrogen-bond donors (Lipinski definition) is 3. The van der Waals surface area contributed by atoms with Crippen molar-refractivity contribution in [1.29, 1.82) is 0 Å². The molecule has 0 spiro atoms. The van der Waals surface area contributed by atoms with E-state index in [4.69, 9.17) is 37.0 Å². The molecule has 0 saturated heterocycles. The second-order valence-corrected chi connectivity index (χ2v) is 27.0. The Labute approximate surface area is 516 Å². The molecule has 19 heteroatoms. The van der Waals surface area contributed by atoms with Gasteiger partial charge < -0.3 is 33.8 Å². The molecule has 0 aliphatic rings. The Morgan fingerprint density at radius 2 is 0.635 bits per heavy atom. The minimum atomic E-state index is -4.95. The fraction of sp³-hybridized carbons (Fsp3) is 0.879. The number of hydrogen-bond acceptors (Lipinski definition) is 15. The lowest BCUT2D eigenvalue weighted by Crippen LogP contribution is -2.30. The van der Waals surface area contributed by atoms with E-state index in [1.807, 2.05) is 0 Å². The minimum absolute atomic E-state index is 0.0846. The number of carbonyl (C=O) groups is 4. The molecule has 0 rings (SSSR count). The molecule has 5 atom stereocenters. The van der Waals surface area contributed by atoms with Gasteiger partial charge in [-0.15, -0.1) is 0 Å². The lowest BCUT2D eigenvalue weighted by Gasteiger charge is -2.21. The maximum Gasteiger partial charge on any atom is 0.472 e. The summed E-state index contributed by atoms with van der Waals surface area (Å²) in [6.07, 6.45) is 44.4. The maximum absolute atomic E-state index is 13.0. The van der Waals surface area contributed by atoms with E-state index in [0.717, 1.165) is 115 Å². The van der Waals surface area contributed by atoms with Crippen molar-refractivity contribution in [1.82, 2.24) is 0 Å². The first kappa shape index (κ1) is 82.5. The summed E-state index contributed by atoms with van der Waals surface area (Å²) in [5, 5.41) is 10.5. The molecular weight excluding hydrogens is 1130 g/mol. The number of ether oxygens (including phenoxy) is 4. The molecule has 3 N–H and O–H groups in total. The van der Waals surface area contributed by atoms with Crippen LogP contribution >= 0.6 is 15.6 Å². The molecule has 500 valence electrons. The number of carbonyl (C=O) groups excluding carboxylic acids is 4. The third kappa shape index (κ3) is 60.2. The second-order valence-electron chi connectivity index (χ2n) is 24.1. The lowest BCUT2D eigenvalue weighted by molar-refractivity contribution is -0.161. The number of allylic oxidation sites excluding steroid dienone is 4. The molecule has 85 heavy (non-hydrogen) atoms. The number of phosphoric ester groups is 2. The van der Waals surface area contributed by atoms with Crippen LogP contribution in [0.25, 0.3) is 0 Å². The molecule has 0 radical (unpaired) electrons. The van der Waals surface area contributed by atoms with Gasteiger partial charge in [0.25, 0.3) is 0 Å². The molecule has 0 saturated carbocycles. The van der Waals surface area contributed by atoms with Crippen LogP contribution in [-0.4, -0.2) is 96.7 Å². The Hall–Kier alpha value is -2.46. The standard InChI is InChI=1S/C66H124O17P2/c1-7-9-11-13-14-15-16-17-18-19-24-27-32-38-44-50-65(70)83-62(55-77-64(69)49-43-37-31-26-23-21-20-22-25-29-35-40-46-58(3)4)57-81-85(74,75)79-53-60(67)52-78-84(72,73)80-56-61(54-76-63(68)48-42-34-12-10-8-2)82-66(71)51-45-39-33-28-30-36-41-47-59(5)6/h15-18,58-62,67H,7-14,19-57H2,1-6H3,(H,72,73)(H,74,75)/b16-15-,18-17-/t60-,61+,62+/m0/s1. The van der Waals surface area contributed by atoms with E-state index < -0.39 is 97.5 Å². The van der Waals surface area contributed by atoms with Crippen LogP contribution < -0.4 is 0 Å². The van der Waals surface area contributed by atoms with Crippen LogP contribution in [0.5, 0.6) is 0 Å². The Kier molecular flexibility index (Phi) is 56.3. The Bertz CT molecular complexity index is 1760. The van der Waals surface area contributed by atoms with Gasteiger partial charge in [-0.2, -0.15) is 0 Å². The molecule has 0 aromatic heterocycles. The van der Waals surface area contributed by atoms with Crippen LogP contribution in [0.2, 0.25) is 0 Å². The Morgan fingerprint density at radius 1 is 0.365 bits per heavy atom. The quantitative estimate of drug-likeness (QED) is 0.0169. The van der Waals surface area contributed by atoms with Gasteiger partial charge in [-0.3, -0.25) is 37.3 Å². The summed E-state index contributed by atoms with van der Waals surface area (Å²) >= 11 is 0. The highest BCUT2D eigenvalue weighted by Crippen LogP contribution is 2.45. The SMILES string of the molecule is CCCCCC/C=C\C=C/CCCCCCCC(=O)O[C@H](COC(=O)CCCCCCCCCCCCCCC(C)C)COP(=O)(O)OC[C@@H](O)COP(=O)(O)OC[C@@H](COC(=O)CCCCCCC)OC(=O)CCCCCCCCCC(C)C. The van der Waals surface area contributed by atoms with E-state index >= 15 is 0 Å². The summed E-state index contributed by atoms with van der Waals surface area (Å²) in [7, 11) is -9.90. The van der Waals surface area contributed by atoms with Crippen molar-refractivity contribution in [3.8, 4) is 0 Å². The van der Waals surface area contributed by atoms with Gasteiger partial charge >= 0.3 is 39.5 Å². The molecule has 0 aromatic carbocycles. The van der Waals surface area contributed by atoms with Gasteiger partial charge in [-0.05, 0) is 63.2 Å². The number of unbranched alkanes of at least 4 members (excludes halogenated alkanes) is 30. The summed E-state index contributed by atoms with van der Waals surface area (Å²) in [4.78, 5) is 72.0. The highest BCUT2D eigenvalue weighted by Gasteiger charge is 2.30. The summed E-state index contributed by atoms with van der Waals surface area (Å²) < 4.78 is 67.8. The number of esters is 4. The number of phosphoric acid groups is 2. The predicted molar refractivity (Wildman–Crippen MR) is 340 cm³/mol. The van der Waals surface area contributed by atoms with Crippen LogP contribution in [0.1, 0.15) is 305 Å². The van der Waals surface area contributed by atoms with Crippen molar-refractivity contribution in [3.63, 3.8) is 0 Å². The van der Waals surface area contributed by atoms with Crippen LogP contribution in [0.15, 0.2) is 24.3 Å². The van der Waals surface area contributed by atoms with E-state index in [0.29, 0.717) is 31.6 Å². The molecule has 2 unspecified atom stereocenters. The third-order valence-corrected chi connectivity index (χ3v) is 16.5. The fourth-order valence-corrected chi connectivity index (χ4v) is 10.9. The number of aliphatic hydroxyl groups excluding tert-OH is 1. The van der Waals surface area contributed by atoms with Crippen molar-refractivity contribution in [2.75, 3.05) is 39.6 Å². The van der Waals surface area contributed by atoms with Crippen LogP contribution in [0.4, 0.5) is 0 Å². The Morgan fingerprint density at radius 3 is 0.965 bits per heavy atom. The number of aliphatic hydroxyl groups is 1. The normalized spacial score (nSPS) is 14.4. The molecule has 0 aromatic rings. The van der Waals surface area contributed by atoms with Crippen molar-refractivity contribution >= 4 is 39.5 Å². The predicted octanol–water partition coefficient (Wildman–Crippen LogP) is 18.0. The largest absolute Gasteiger partial charge is 0.472 e. The first-order valence-corrected chi connectivity index (χ1v) is 36.8. The molecule has 0 amide bonds. The topological polar surface area (TPSA) is 237 Å². The van der Waals surface area contributed by atoms with Crippen LogP contribution in [0.3, 0.4) is 0 Å². The van der Waals surface area contributed by atoms with Crippen molar-refractivity contribution in [3.05, 3.63) is 24.3 Å². The van der Waals surface area contributed by atoms with E-state index in [9.17, 15) is 43.2 Å². The van der Waals surface area contributed by atoms with Crippen LogP contribution in [-0.2, 0) is 65.4 Å². The zero-order valence-electron chi connectivity index (χ0n) is 54.4. The van der Waals surface area contributed by atoms with Gasteiger partial charge in [-0.1, -0.05) is 252 Å². The summed E-state index contributed by atoms with van der Waals surface area (Å²) in [5.41, 5.74) is 0. The highest BCUT2D eigenvalue weighted by molar-refractivity contribution is 7.47. The van der Waals surface area contributed by atoms with Gasteiger partial charge in [0.05, 0.1) is 26.4 Å². The van der Waals surface area contributed by atoms with Crippen molar-refractivity contribution in [2.24, 2.45) is 11.8 Å². The van der Waals surface area contributed by atoms with Crippen molar-refractivity contribution in [2.45, 2.75) is 323 Å². The smallest absolute Gasteiger partial charge is 0.462 e. The highest BCUT2D eigenvalue weighted by atomic mass is 31.2. The summed E-state index contributed by atoms with van der Waals surface area (Å²) in [6, 6.07) is 0. The number of rotatable bonds is 63. The van der Waals surface area contributed by atoms with Gasteiger partial charge in [0.15, 0.2) is 12.2 Å². The molecule has 17 nitrogen and oxygen atoms in total. The van der Waals surface area contributed by atoms with Gasteiger partial charge in [0.1, 0.15) is 19.3 Å². The average Bonchev–Trinajstić information content (AvgIpc) is 3.54. The monoisotopic (exact) mass is 1250 g/mol. The van der Waals surface area contributed by atoms with Gasteiger partial charge in [-0.25, -0.2) is 9.13 Å². The molecular formula is C66H124O17P2. The Balaban J connectivity index is 5.21. The summed E-state index contributed by atoms with van der Waals surface area (Å²) in [6.45, 7) is 9.30. The molecule has 0 aliphatic heterocycles. The van der Waals surface area contributed by atoms with Crippen molar-refractivity contribution < 1.29 is 80.2 Å². The molecule has 0 heterocycles. The summed E-state index contributed by atoms with van der Waals surface area (Å²) in [5.74, 6) is -0.700. The van der Waals surface area contributed by atoms with Gasteiger partial charge in [0, 0.05) is 25.7 Å². The van der Waals surface area contributed by atoms with E-state index in [1.54, 1.807) is 0 Å². The zero-order chi connectivity index (χ0) is 62.9. The third-order valence-electron chi connectivity index (χ3n) is 14.6. The fourth-order valence-electron chi connectivity index (χ4n) is 9.34. The first-order valence-electron chi connectivity index (χ1n) is 33.8. The zero-order valence-corrected chi connectivity index (χ0v) is 56.2. The van der Waals surface area contributed by atoms with Crippen LogP contribution in [0, 0.1) is 11.8 Å². The van der Waals surface area contributed by atoms with E-state index in [-0.39, 0.29) is 25.7 Å². The van der Waals surface area contributed by atoms with E-state index in [2.05, 4.69) is 65.8 Å². The first-order chi connectivity index (χ1) is 40.9. The van der Waals surface area contributed by atoms with Gasteiger partial charge in [0.2, 0.25) is 0 Å².